The minimum Gasteiger partial charge on any atom is -0.273 e. The summed E-state index contributed by atoms with van der Waals surface area (Å²) in [6.07, 6.45) is 1.56. The van der Waals surface area contributed by atoms with E-state index in [-0.39, 0.29) is 18.0 Å². The first-order chi connectivity index (χ1) is 12.1. The first-order valence-electron chi connectivity index (χ1n) is 7.32. The first kappa shape index (κ1) is 17.1. The van der Waals surface area contributed by atoms with Crippen molar-refractivity contribution in [3.8, 4) is 10.6 Å². The SMILES string of the molecule is O=C(Cc1csc(-c2cccc(Cl)c2)n1)NNC(=O)c1ccccn1. The third kappa shape index (κ3) is 4.62. The van der Waals surface area contributed by atoms with Crippen LogP contribution < -0.4 is 10.9 Å². The van der Waals surface area contributed by atoms with Crippen molar-refractivity contribution < 1.29 is 9.59 Å². The van der Waals surface area contributed by atoms with Crippen LogP contribution in [0.15, 0.2) is 54.0 Å². The number of hydrogen-bond donors (Lipinski definition) is 2. The molecule has 8 heteroatoms. The van der Waals surface area contributed by atoms with Crippen LogP contribution in [0.2, 0.25) is 5.02 Å². The molecule has 1 aromatic carbocycles. The van der Waals surface area contributed by atoms with Crippen LogP contribution in [0.25, 0.3) is 10.6 Å². The summed E-state index contributed by atoms with van der Waals surface area (Å²) in [5, 5.41) is 3.21. The van der Waals surface area contributed by atoms with Gasteiger partial charge in [0, 0.05) is 22.2 Å². The second-order valence-corrected chi connectivity index (χ2v) is 6.34. The molecule has 0 radical (unpaired) electrons. The average molecular weight is 373 g/mol. The topological polar surface area (TPSA) is 84.0 Å². The number of nitrogens with zero attached hydrogens (tertiary/aromatic N) is 2. The zero-order valence-electron chi connectivity index (χ0n) is 12.9. The molecule has 0 aliphatic heterocycles. The van der Waals surface area contributed by atoms with Crippen molar-refractivity contribution in [1.82, 2.24) is 20.8 Å². The quantitative estimate of drug-likeness (QED) is 0.690. The van der Waals surface area contributed by atoms with Gasteiger partial charge in [-0.05, 0) is 24.3 Å². The molecule has 0 spiro atoms. The zero-order valence-corrected chi connectivity index (χ0v) is 14.5. The highest BCUT2D eigenvalue weighted by Crippen LogP contribution is 2.26. The average Bonchev–Trinajstić information content (AvgIpc) is 3.09. The zero-order chi connectivity index (χ0) is 17.6. The third-order valence-corrected chi connectivity index (χ3v) is 4.35. The molecule has 2 heterocycles. The Morgan fingerprint density at radius 3 is 2.76 bits per heavy atom. The monoisotopic (exact) mass is 372 g/mol. The second kappa shape index (κ2) is 7.87. The van der Waals surface area contributed by atoms with Crippen LogP contribution in [0.1, 0.15) is 16.2 Å². The minimum absolute atomic E-state index is 0.0551. The van der Waals surface area contributed by atoms with E-state index in [2.05, 4.69) is 20.8 Å². The molecule has 0 saturated heterocycles. The van der Waals surface area contributed by atoms with Gasteiger partial charge in [0.25, 0.3) is 5.91 Å². The van der Waals surface area contributed by atoms with Crippen molar-refractivity contribution in [1.29, 1.82) is 0 Å². The molecule has 2 amide bonds. The van der Waals surface area contributed by atoms with Crippen molar-refractivity contribution in [2.45, 2.75) is 6.42 Å². The summed E-state index contributed by atoms with van der Waals surface area (Å²) < 4.78 is 0. The van der Waals surface area contributed by atoms with Gasteiger partial charge in [-0.1, -0.05) is 29.8 Å². The molecule has 6 nitrogen and oxygen atoms in total. The molecule has 2 aromatic heterocycles. The molecule has 0 bridgehead atoms. The van der Waals surface area contributed by atoms with Crippen molar-refractivity contribution in [2.75, 3.05) is 0 Å². The van der Waals surface area contributed by atoms with Gasteiger partial charge < -0.3 is 0 Å². The van der Waals surface area contributed by atoms with E-state index >= 15 is 0 Å². The van der Waals surface area contributed by atoms with Crippen LogP contribution in [0, 0.1) is 0 Å². The summed E-state index contributed by atoms with van der Waals surface area (Å²) in [7, 11) is 0. The van der Waals surface area contributed by atoms with Gasteiger partial charge in [-0.15, -0.1) is 11.3 Å². The van der Waals surface area contributed by atoms with Crippen molar-refractivity contribution in [3.63, 3.8) is 0 Å². The Kier molecular flexibility index (Phi) is 5.37. The maximum absolute atomic E-state index is 11.9. The molecule has 3 aromatic rings. The lowest BCUT2D eigenvalue weighted by molar-refractivity contribution is -0.121. The highest BCUT2D eigenvalue weighted by atomic mass is 35.5. The molecule has 0 fully saturated rings. The molecular weight excluding hydrogens is 360 g/mol. The van der Waals surface area contributed by atoms with E-state index in [1.54, 1.807) is 29.6 Å². The number of halogens is 1. The molecule has 126 valence electrons. The summed E-state index contributed by atoms with van der Waals surface area (Å²) in [6.45, 7) is 0. The Morgan fingerprint density at radius 1 is 1.12 bits per heavy atom. The third-order valence-electron chi connectivity index (χ3n) is 3.18. The summed E-state index contributed by atoms with van der Waals surface area (Å²) in [5.74, 6) is -0.848. The van der Waals surface area contributed by atoms with Gasteiger partial charge in [-0.2, -0.15) is 0 Å². The summed E-state index contributed by atoms with van der Waals surface area (Å²) >= 11 is 7.40. The molecule has 25 heavy (non-hydrogen) atoms. The standard InChI is InChI=1S/C17H13ClN4O2S/c18-12-5-3-4-11(8-12)17-20-13(10-25-17)9-15(23)21-22-16(24)14-6-1-2-7-19-14/h1-8,10H,9H2,(H,21,23)(H,22,24). The smallest absolute Gasteiger partial charge is 0.273 e. The normalized spacial score (nSPS) is 10.3. The van der Waals surface area contributed by atoms with Crippen LogP contribution in [-0.4, -0.2) is 21.8 Å². The lowest BCUT2D eigenvalue weighted by Gasteiger charge is -2.05. The number of amides is 2. The predicted molar refractivity (Wildman–Crippen MR) is 96.1 cm³/mol. The summed E-state index contributed by atoms with van der Waals surface area (Å²) in [5.41, 5.74) is 6.41. The summed E-state index contributed by atoms with van der Waals surface area (Å²) in [4.78, 5) is 32.1. The van der Waals surface area contributed by atoms with Crippen LogP contribution in [0.5, 0.6) is 0 Å². The van der Waals surface area contributed by atoms with E-state index in [1.165, 1.54) is 17.5 Å². The molecule has 2 N–H and O–H groups in total. The van der Waals surface area contributed by atoms with Crippen molar-refractivity contribution >= 4 is 34.8 Å². The molecule has 0 atom stereocenters. The van der Waals surface area contributed by atoms with Crippen molar-refractivity contribution in [3.05, 3.63) is 70.5 Å². The van der Waals surface area contributed by atoms with E-state index in [1.807, 2.05) is 18.2 Å². The lowest BCUT2D eigenvalue weighted by atomic mass is 10.2. The lowest BCUT2D eigenvalue weighted by Crippen LogP contribution is -2.42. The van der Waals surface area contributed by atoms with Gasteiger partial charge in [0.1, 0.15) is 10.7 Å². The number of aromatic nitrogens is 2. The van der Waals surface area contributed by atoms with Crippen LogP contribution in [0.3, 0.4) is 0 Å². The number of hydrazine groups is 1. The Balaban J connectivity index is 1.56. The molecule has 0 unspecified atom stereocenters. The van der Waals surface area contributed by atoms with E-state index < -0.39 is 5.91 Å². The number of nitrogens with one attached hydrogen (secondary N) is 2. The largest absolute Gasteiger partial charge is 0.288 e. The fourth-order valence-corrected chi connectivity index (χ4v) is 3.05. The van der Waals surface area contributed by atoms with Gasteiger partial charge >= 0.3 is 0 Å². The molecule has 0 saturated carbocycles. The van der Waals surface area contributed by atoms with E-state index in [0.29, 0.717) is 10.7 Å². The number of benzene rings is 1. The van der Waals surface area contributed by atoms with E-state index in [4.69, 9.17) is 11.6 Å². The van der Waals surface area contributed by atoms with Crippen LogP contribution in [-0.2, 0) is 11.2 Å². The van der Waals surface area contributed by atoms with Crippen molar-refractivity contribution in [2.24, 2.45) is 0 Å². The maximum atomic E-state index is 11.9. The van der Waals surface area contributed by atoms with Gasteiger partial charge in [-0.3, -0.25) is 25.4 Å². The van der Waals surface area contributed by atoms with Crippen LogP contribution in [0.4, 0.5) is 0 Å². The minimum atomic E-state index is -0.480. The molecular formula is C17H13ClN4O2S. The Hall–Kier alpha value is -2.77. The Bertz CT molecular complexity index is 898. The Morgan fingerprint density at radius 2 is 2.00 bits per heavy atom. The van der Waals surface area contributed by atoms with Crippen LogP contribution >= 0.6 is 22.9 Å². The predicted octanol–water partition coefficient (Wildman–Crippen LogP) is 2.86. The fraction of sp³-hybridized carbons (Fsp3) is 0.0588. The van der Waals surface area contributed by atoms with Gasteiger partial charge in [0.05, 0.1) is 12.1 Å². The maximum Gasteiger partial charge on any atom is 0.288 e. The highest BCUT2D eigenvalue weighted by molar-refractivity contribution is 7.13. The highest BCUT2D eigenvalue weighted by Gasteiger charge is 2.11. The summed E-state index contributed by atoms with van der Waals surface area (Å²) in [6, 6.07) is 12.3. The number of carbonyl (C=O) groups is 2. The molecule has 3 rings (SSSR count). The number of hydrogen-bond acceptors (Lipinski definition) is 5. The first-order valence-corrected chi connectivity index (χ1v) is 8.58. The Labute approximate surface area is 152 Å². The van der Waals surface area contributed by atoms with E-state index in [0.717, 1.165) is 10.6 Å². The molecule has 0 aliphatic rings. The molecule has 0 aliphatic carbocycles. The van der Waals surface area contributed by atoms with Gasteiger partial charge in [0.2, 0.25) is 5.91 Å². The van der Waals surface area contributed by atoms with Gasteiger partial charge in [-0.25, -0.2) is 4.98 Å². The van der Waals surface area contributed by atoms with Gasteiger partial charge in [0.15, 0.2) is 0 Å². The number of carbonyl (C=O) groups excluding carboxylic acids is 2. The number of rotatable bonds is 4. The fourth-order valence-electron chi connectivity index (χ4n) is 2.04. The number of thiazole rings is 1. The second-order valence-electron chi connectivity index (χ2n) is 5.05. The number of pyridine rings is 1. The van der Waals surface area contributed by atoms with E-state index in [9.17, 15) is 9.59 Å².